The van der Waals surface area contributed by atoms with E-state index < -0.39 is 5.91 Å². The van der Waals surface area contributed by atoms with Crippen LogP contribution in [0.5, 0.6) is 10.9 Å². The summed E-state index contributed by atoms with van der Waals surface area (Å²) in [6.07, 6.45) is 2.92. The lowest BCUT2D eigenvalue weighted by Gasteiger charge is -2.29. The Kier molecular flexibility index (Phi) is 7.13. The molecule has 4 rings (SSSR count). The molecule has 170 valence electrons. The molecular formula is C20H18ClN7O4S. The van der Waals surface area contributed by atoms with Gasteiger partial charge in [-0.25, -0.2) is 4.98 Å². The number of ether oxygens (including phenoxy) is 3. The van der Waals surface area contributed by atoms with Crippen LogP contribution >= 0.6 is 22.9 Å². The Morgan fingerprint density at radius 2 is 2.12 bits per heavy atom. The van der Waals surface area contributed by atoms with Gasteiger partial charge in [0.2, 0.25) is 5.13 Å². The molecule has 0 spiro atoms. The molecule has 0 aromatic carbocycles. The zero-order chi connectivity index (χ0) is 23.2. The van der Waals surface area contributed by atoms with Gasteiger partial charge in [-0.2, -0.15) is 5.26 Å². The third kappa shape index (κ3) is 5.46. The van der Waals surface area contributed by atoms with Crippen LogP contribution in [0.1, 0.15) is 21.6 Å². The molecule has 0 unspecified atom stereocenters. The number of nitrogens with one attached hydrogen (secondary N) is 1. The highest BCUT2D eigenvalue weighted by Gasteiger charge is 2.22. The molecule has 0 atom stereocenters. The maximum Gasteiger partial charge on any atom is 0.296 e. The quantitative estimate of drug-likeness (QED) is 0.529. The molecule has 13 heteroatoms. The van der Waals surface area contributed by atoms with Crippen LogP contribution in [0.25, 0.3) is 0 Å². The number of carbonyl (C=O) groups is 1. The minimum absolute atomic E-state index is 0.116. The maximum atomic E-state index is 13.0. The van der Waals surface area contributed by atoms with E-state index in [4.69, 9.17) is 25.8 Å². The first-order valence-corrected chi connectivity index (χ1v) is 11.0. The predicted octanol–water partition coefficient (Wildman–Crippen LogP) is 2.53. The molecule has 1 aliphatic heterocycles. The van der Waals surface area contributed by atoms with Gasteiger partial charge in [-0.15, -0.1) is 5.10 Å². The molecule has 1 aliphatic rings. The van der Waals surface area contributed by atoms with Crippen LogP contribution in [-0.2, 0) is 11.3 Å². The predicted molar refractivity (Wildman–Crippen MR) is 120 cm³/mol. The number of nitriles is 1. The minimum atomic E-state index is -0.451. The van der Waals surface area contributed by atoms with Crippen molar-refractivity contribution in [3.63, 3.8) is 0 Å². The van der Waals surface area contributed by atoms with Gasteiger partial charge >= 0.3 is 0 Å². The number of amides is 1. The Bertz CT molecular complexity index is 1190. The number of pyridine rings is 2. The third-order valence-electron chi connectivity index (χ3n) is 4.62. The topological polar surface area (TPSA) is 135 Å². The van der Waals surface area contributed by atoms with Crippen molar-refractivity contribution in [2.45, 2.75) is 6.61 Å². The van der Waals surface area contributed by atoms with E-state index in [0.29, 0.717) is 48.6 Å². The summed E-state index contributed by atoms with van der Waals surface area (Å²) >= 11 is 7.03. The van der Waals surface area contributed by atoms with Crippen molar-refractivity contribution in [1.29, 1.82) is 5.26 Å². The minimum Gasteiger partial charge on any atom is -0.495 e. The first-order chi connectivity index (χ1) is 16.1. The summed E-state index contributed by atoms with van der Waals surface area (Å²) in [4.78, 5) is 23.4. The molecule has 3 aromatic rings. The number of hydrogen-bond donors (Lipinski definition) is 1. The number of aromatic nitrogens is 4. The lowest BCUT2D eigenvalue weighted by Crippen LogP contribution is -2.38. The van der Waals surface area contributed by atoms with Crippen LogP contribution in [0.2, 0.25) is 5.02 Å². The van der Waals surface area contributed by atoms with Crippen LogP contribution in [0.4, 0.5) is 10.9 Å². The van der Waals surface area contributed by atoms with Crippen LogP contribution in [0, 0.1) is 11.3 Å². The molecule has 1 saturated heterocycles. The molecule has 0 radical (unpaired) electrons. The van der Waals surface area contributed by atoms with Crippen LogP contribution in [-0.4, -0.2) is 59.5 Å². The molecule has 1 amide bonds. The fourth-order valence-corrected chi connectivity index (χ4v) is 3.80. The SMILES string of the molecule is COc1cc(COc2nnc(NC(=O)c3cc(C#N)cnc3N3CCOCC3)s2)ncc1Cl. The highest BCUT2D eigenvalue weighted by Crippen LogP contribution is 2.27. The lowest BCUT2D eigenvalue weighted by molar-refractivity contribution is 0.102. The average Bonchev–Trinajstić information content (AvgIpc) is 3.30. The van der Waals surface area contributed by atoms with Gasteiger partial charge in [0.25, 0.3) is 11.1 Å². The number of methoxy groups -OCH3 is 1. The number of morpholine rings is 1. The lowest BCUT2D eigenvalue weighted by atomic mass is 10.1. The van der Waals surface area contributed by atoms with E-state index in [-0.39, 0.29) is 28.1 Å². The number of rotatable bonds is 7. The standard InChI is InChI=1S/C20H18ClN7O4S/c1-30-16-7-13(23-10-15(16)21)11-32-20-27-26-19(33-20)25-18(29)14-6-12(8-22)9-24-17(14)28-2-4-31-5-3-28/h6-7,9-10H,2-5,11H2,1H3,(H,25,26,29). The summed E-state index contributed by atoms with van der Waals surface area (Å²) in [5.41, 5.74) is 1.14. The summed E-state index contributed by atoms with van der Waals surface area (Å²) in [6.45, 7) is 2.38. The number of anilines is 2. The third-order valence-corrected chi connectivity index (χ3v) is 5.65. The first-order valence-electron chi connectivity index (χ1n) is 9.76. The molecule has 33 heavy (non-hydrogen) atoms. The van der Waals surface area contributed by atoms with E-state index in [9.17, 15) is 10.1 Å². The zero-order valence-electron chi connectivity index (χ0n) is 17.4. The molecule has 3 aromatic heterocycles. The van der Waals surface area contributed by atoms with Gasteiger partial charge in [-0.05, 0) is 17.4 Å². The Balaban J connectivity index is 1.45. The normalized spacial score (nSPS) is 13.3. The van der Waals surface area contributed by atoms with E-state index in [1.165, 1.54) is 25.6 Å². The number of halogens is 1. The highest BCUT2D eigenvalue weighted by molar-refractivity contribution is 7.17. The summed E-state index contributed by atoms with van der Waals surface area (Å²) in [5.74, 6) is 0.520. The van der Waals surface area contributed by atoms with Crippen LogP contribution in [0.15, 0.2) is 24.5 Å². The monoisotopic (exact) mass is 487 g/mol. The second kappa shape index (κ2) is 10.4. The summed E-state index contributed by atoms with van der Waals surface area (Å²) in [7, 11) is 1.51. The second-order valence-electron chi connectivity index (χ2n) is 6.73. The van der Waals surface area contributed by atoms with E-state index in [2.05, 4.69) is 25.5 Å². The second-order valence-corrected chi connectivity index (χ2v) is 8.08. The number of carbonyl (C=O) groups excluding carboxylic acids is 1. The molecule has 0 saturated carbocycles. The first kappa shape index (κ1) is 22.7. The highest BCUT2D eigenvalue weighted by atomic mass is 35.5. The van der Waals surface area contributed by atoms with Crippen molar-refractivity contribution in [2.75, 3.05) is 43.6 Å². The van der Waals surface area contributed by atoms with Gasteiger partial charge in [0.1, 0.15) is 29.3 Å². The zero-order valence-corrected chi connectivity index (χ0v) is 19.0. The Morgan fingerprint density at radius 3 is 2.88 bits per heavy atom. The summed E-state index contributed by atoms with van der Waals surface area (Å²) < 4.78 is 16.1. The van der Waals surface area contributed by atoms with Gasteiger partial charge in [-0.3, -0.25) is 15.1 Å². The molecule has 11 nitrogen and oxygen atoms in total. The van der Waals surface area contributed by atoms with Gasteiger partial charge < -0.3 is 19.1 Å². The van der Waals surface area contributed by atoms with E-state index in [1.54, 1.807) is 6.07 Å². The van der Waals surface area contributed by atoms with Crippen molar-refractivity contribution < 1.29 is 19.0 Å². The van der Waals surface area contributed by atoms with E-state index in [0.717, 1.165) is 11.3 Å². The Morgan fingerprint density at radius 1 is 1.30 bits per heavy atom. The molecule has 0 bridgehead atoms. The molecule has 1 fully saturated rings. The van der Waals surface area contributed by atoms with Crippen LogP contribution < -0.4 is 19.7 Å². The fraction of sp³-hybridized carbons (Fsp3) is 0.300. The van der Waals surface area contributed by atoms with Gasteiger partial charge in [0, 0.05) is 31.5 Å². The molecule has 1 N–H and O–H groups in total. The molecular weight excluding hydrogens is 470 g/mol. The smallest absolute Gasteiger partial charge is 0.296 e. The number of nitrogens with zero attached hydrogens (tertiary/aromatic N) is 6. The van der Waals surface area contributed by atoms with Crippen LogP contribution in [0.3, 0.4) is 0 Å². The van der Waals surface area contributed by atoms with Crippen molar-refractivity contribution >= 4 is 39.8 Å². The van der Waals surface area contributed by atoms with E-state index >= 15 is 0 Å². The van der Waals surface area contributed by atoms with E-state index in [1.807, 2.05) is 11.0 Å². The summed E-state index contributed by atoms with van der Waals surface area (Å²) in [6, 6.07) is 5.18. The van der Waals surface area contributed by atoms with Gasteiger partial charge in [0.15, 0.2) is 0 Å². The Labute approximate surface area is 197 Å². The molecule has 4 heterocycles. The Hall–Kier alpha value is -3.53. The van der Waals surface area contributed by atoms with Gasteiger partial charge in [-0.1, -0.05) is 16.7 Å². The largest absolute Gasteiger partial charge is 0.495 e. The number of hydrogen-bond acceptors (Lipinski definition) is 11. The van der Waals surface area contributed by atoms with Crippen molar-refractivity contribution in [3.8, 4) is 17.0 Å². The van der Waals surface area contributed by atoms with Crippen molar-refractivity contribution in [2.24, 2.45) is 0 Å². The van der Waals surface area contributed by atoms with Crippen molar-refractivity contribution in [1.82, 2.24) is 20.2 Å². The average molecular weight is 488 g/mol. The molecule has 0 aliphatic carbocycles. The maximum absolute atomic E-state index is 13.0. The van der Waals surface area contributed by atoms with Gasteiger partial charge in [0.05, 0.1) is 37.1 Å². The van der Waals surface area contributed by atoms with Crippen molar-refractivity contribution in [3.05, 3.63) is 46.4 Å². The summed E-state index contributed by atoms with van der Waals surface area (Å²) in [5, 5.41) is 20.7. The fourth-order valence-electron chi connectivity index (χ4n) is 3.03.